The third kappa shape index (κ3) is 41.5. The highest BCUT2D eigenvalue weighted by Gasteiger charge is 2.28. The first-order valence-electron chi connectivity index (χ1n) is 22.1. The van der Waals surface area contributed by atoms with Crippen molar-refractivity contribution in [2.24, 2.45) is 0 Å². The zero-order valence-corrected chi connectivity index (χ0v) is 38.5. The Labute approximate surface area is 365 Å². The molecule has 0 aromatic rings. The van der Waals surface area contributed by atoms with E-state index in [-0.39, 0.29) is 32.1 Å². The molecule has 0 aliphatic rings. The van der Waals surface area contributed by atoms with Gasteiger partial charge in [0, 0.05) is 12.8 Å². The summed E-state index contributed by atoms with van der Waals surface area (Å²) in [6.07, 6.45) is 33.8. The molecule has 17 heteroatoms. The predicted octanol–water partition coefficient (Wildman–Crippen LogP) is 9.17. The molecule has 0 saturated heterocycles. The molecule has 0 radical (unpaired) electrons. The van der Waals surface area contributed by atoms with Crippen LogP contribution in [0.15, 0.2) is 60.8 Å². The van der Waals surface area contributed by atoms with Crippen molar-refractivity contribution in [1.29, 1.82) is 0 Å². The lowest BCUT2D eigenvalue weighted by Gasteiger charge is -2.21. The van der Waals surface area contributed by atoms with Crippen molar-refractivity contribution in [2.45, 2.75) is 180 Å². The van der Waals surface area contributed by atoms with Gasteiger partial charge in [-0.25, -0.2) is 9.13 Å². The van der Waals surface area contributed by atoms with Crippen LogP contribution >= 0.6 is 15.6 Å². The molecule has 1 unspecified atom stereocenters. The van der Waals surface area contributed by atoms with Crippen molar-refractivity contribution >= 4 is 27.6 Å². The summed E-state index contributed by atoms with van der Waals surface area (Å²) in [5.74, 6) is -1.33. The van der Waals surface area contributed by atoms with E-state index in [2.05, 4.69) is 65.4 Å². The minimum Gasteiger partial charge on any atom is -0.462 e. The van der Waals surface area contributed by atoms with Gasteiger partial charge in [0.1, 0.15) is 12.7 Å². The van der Waals surface area contributed by atoms with E-state index in [9.17, 15) is 38.9 Å². The predicted molar refractivity (Wildman–Crippen MR) is 237 cm³/mol. The number of hydrogen-bond donors (Lipinski definition) is 6. The lowest BCUT2D eigenvalue weighted by molar-refractivity contribution is -0.161. The molecule has 0 aromatic heterocycles. The quantitative estimate of drug-likeness (QED) is 0.0145. The molecule has 0 aliphatic heterocycles. The fourth-order valence-corrected chi connectivity index (χ4v) is 6.76. The Balaban J connectivity index is 4.78. The summed E-state index contributed by atoms with van der Waals surface area (Å²) in [7, 11) is -9.79. The Kier molecular flexibility index (Phi) is 37.9. The van der Waals surface area contributed by atoms with Crippen molar-refractivity contribution in [2.75, 3.05) is 26.4 Å². The van der Waals surface area contributed by atoms with Gasteiger partial charge in [0.25, 0.3) is 0 Å². The highest BCUT2D eigenvalue weighted by Crippen LogP contribution is 2.43. The first-order valence-corrected chi connectivity index (χ1v) is 25.2. The normalized spacial score (nSPS) is 15.6. The Morgan fingerprint density at radius 2 is 1.05 bits per heavy atom. The van der Waals surface area contributed by atoms with E-state index in [1.807, 2.05) is 12.2 Å². The Bertz CT molecular complexity index is 1340. The van der Waals surface area contributed by atoms with E-state index in [4.69, 9.17) is 23.8 Å². The summed E-state index contributed by atoms with van der Waals surface area (Å²) in [5.41, 5.74) is 0. The number of phosphoric acid groups is 2. The van der Waals surface area contributed by atoms with Crippen molar-refractivity contribution in [3.63, 3.8) is 0 Å². The summed E-state index contributed by atoms with van der Waals surface area (Å²) in [5, 5.41) is 30.5. The summed E-state index contributed by atoms with van der Waals surface area (Å²) >= 11 is 0. The molecule has 0 fully saturated rings. The SMILES string of the molecule is CC/C=C\C/C=C\C/C=C\C/C=C\C[C@@H](O)[C@H](O)CCCC(=O)O[C@H](COC(=O)CCCCCCC/C=C\CCCCCCCC)COP(=O)(O)OC[C@@H](O)COP(=O)(O)O. The van der Waals surface area contributed by atoms with Gasteiger partial charge in [-0.1, -0.05) is 126 Å². The molecule has 15 nitrogen and oxygen atoms in total. The summed E-state index contributed by atoms with van der Waals surface area (Å²) in [6.45, 7) is 1.29. The Morgan fingerprint density at radius 1 is 0.541 bits per heavy atom. The molecule has 354 valence electrons. The van der Waals surface area contributed by atoms with E-state index < -0.39 is 78.4 Å². The zero-order valence-electron chi connectivity index (χ0n) is 36.7. The molecule has 0 spiro atoms. The number of phosphoric ester groups is 2. The summed E-state index contributed by atoms with van der Waals surface area (Å²) in [6, 6.07) is 0. The van der Waals surface area contributed by atoms with E-state index in [1.165, 1.54) is 38.5 Å². The molecule has 0 amide bonds. The Morgan fingerprint density at radius 3 is 1.64 bits per heavy atom. The van der Waals surface area contributed by atoms with Crippen molar-refractivity contribution in [3.05, 3.63) is 60.8 Å². The molecule has 0 heterocycles. The number of carbonyl (C=O) groups excluding carboxylic acids is 2. The highest BCUT2D eigenvalue weighted by molar-refractivity contribution is 7.47. The molecular weight excluding hydrogens is 830 g/mol. The average Bonchev–Trinajstić information content (AvgIpc) is 3.21. The standard InChI is InChI=1S/C44H78O15P2/c1-3-5-7-9-11-13-15-17-18-19-21-23-25-27-29-33-43(48)55-37-40(38-58-61(53,54)57-36-39(45)35-56-60(50,51)52)59-44(49)34-30-32-42(47)41(46)31-28-26-24-22-20-16-14-12-10-8-6-4-2/h6,8,12,14,17-18,20,22,26,28,39-42,45-47H,3-5,7,9-11,13,15-16,19,21,23-25,27,29-38H2,1-2H3,(H,53,54)(H2,50,51,52)/b8-6-,14-12-,18-17-,22-20-,28-26-/t39-,40+,41+,42+/m0/s1. The van der Waals surface area contributed by atoms with Gasteiger partial charge in [-0.05, 0) is 77.0 Å². The molecule has 0 bridgehead atoms. The average molecular weight is 909 g/mol. The first kappa shape index (κ1) is 58.7. The number of rotatable bonds is 41. The number of hydrogen-bond acceptors (Lipinski definition) is 12. The summed E-state index contributed by atoms with van der Waals surface area (Å²) in [4.78, 5) is 52.8. The molecule has 61 heavy (non-hydrogen) atoms. The number of esters is 2. The monoisotopic (exact) mass is 908 g/mol. The third-order valence-corrected chi connectivity index (χ3v) is 10.5. The van der Waals surface area contributed by atoms with Crippen molar-refractivity contribution < 1.29 is 71.8 Å². The minimum atomic E-state index is -4.90. The lowest BCUT2D eigenvalue weighted by atomic mass is 10.0. The largest absolute Gasteiger partial charge is 0.472 e. The van der Waals surface area contributed by atoms with Crippen LogP contribution in [0, 0.1) is 0 Å². The third-order valence-electron chi connectivity index (χ3n) is 9.08. The molecule has 5 atom stereocenters. The number of aliphatic hydroxyl groups is 3. The maximum atomic E-state index is 12.7. The second-order valence-corrected chi connectivity index (χ2v) is 17.6. The van der Waals surface area contributed by atoms with Crippen molar-refractivity contribution in [3.8, 4) is 0 Å². The number of allylic oxidation sites excluding steroid dienone is 9. The van der Waals surface area contributed by atoms with Gasteiger partial charge in [-0.2, -0.15) is 0 Å². The van der Waals surface area contributed by atoms with Crippen LogP contribution in [0.1, 0.15) is 155 Å². The van der Waals surface area contributed by atoms with Crippen LogP contribution in [0.3, 0.4) is 0 Å². The smallest absolute Gasteiger partial charge is 0.462 e. The van der Waals surface area contributed by atoms with Gasteiger partial charge in [0.2, 0.25) is 0 Å². The van der Waals surface area contributed by atoms with Gasteiger partial charge in [0.15, 0.2) is 6.10 Å². The van der Waals surface area contributed by atoms with Crippen LogP contribution in [-0.2, 0) is 41.8 Å². The fraction of sp³-hybridized carbons (Fsp3) is 0.727. The molecular formula is C44H78O15P2. The molecule has 0 aromatic carbocycles. The van der Waals surface area contributed by atoms with Crippen LogP contribution in [0.5, 0.6) is 0 Å². The van der Waals surface area contributed by atoms with Gasteiger partial charge < -0.3 is 39.5 Å². The zero-order chi connectivity index (χ0) is 45.5. The van der Waals surface area contributed by atoms with Crippen LogP contribution in [0.4, 0.5) is 0 Å². The second kappa shape index (κ2) is 39.3. The molecule has 0 aliphatic carbocycles. The molecule has 6 N–H and O–H groups in total. The van der Waals surface area contributed by atoms with Gasteiger partial charge >= 0.3 is 27.6 Å². The maximum Gasteiger partial charge on any atom is 0.472 e. The maximum absolute atomic E-state index is 12.7. The topological polar surface area (TPSA) is 236 Å². The minimum absolute atomic E-state index is 0.0869. The number of unbranched alkanes of at least 4 members (excludes halogenated alkanes) is 11. The molecule has 0 rings (SSSR count). The van der Waals surface area contributed by atoms with Crippen LogP contribution < -0.4 is 0 Å². The first-order chi connectivity index (χ1) is 29.2. The highest BCUT2D eigenvalue weighted by atomic mass is 31.2. The van der Waals surface area contributed by atoms with Gasteiger partial charge in [-0.15, -0.1) is 0 Å². The lowest BCUT2D eigenvalue weighted by Crippen LogP contribution is -2.30. The number of carbonyl (C=O) groups is 2. The van der Waals surface area contributed by atoms with Crippen LogP contribution in [0.2, 0.25) is 0 Å². The Hall–Kier alpha value is -2.26. The van der Waals surface area contributed by atoms with Crippen LogP contribution in [-0.4, -0.2) is 92.8 Å². The summed E-state index contributed by atoms with van der Waals surface area (Å²) < 4.78 is 47.6. The second-order valence-electron chi connectivity index (χ2n) is 14.9. The van der Waals surface area contributed by atoms with Gasteiger partial charge in [-0.3, -0.25) is 23.2 Å². The molecule has 0 saturated carbocycles. The van der Waals surface area contributed by atoms with E-state index >= 15 is 0 Å². The number of ether oxygens (including phenoxy) is 2. The van der Waals surface area contributed by atoms with E-state index in [1.54, 1.807) is 6.08 Å². The van der Waals surface area contributed by atoms with Crippen LogP contribution in [0.25, 0.3) is 0 Å². The number of aliphatic hydroxyl groups excluding tert-OH is 3. The van der Waals surface area contributed by atoms with Gasteiger partial charge in [0.05, 0.1) is 32.0 Å². The van der Waals surface area contributed by atoms with E-state index in [0.717, 1.165) is 57.8 Å². The fourth-order valence-electron chi connectivity index (χ4n) is 5.61. The van der Waals surface area contributed by atoms with Crippen molar-refractivity contribution in [1.82, 2.24) is 0 Å². The van der Waals surface area contributed by atoms with E-state index in [0.29, 0.717) is 12.8 Å².